The van der Waals surface area contributed by atoms with Crippen molar-refractivity contribution in [2.45, 2.75) is 12.5 Å². The van der Waals surface area contributed by atoms with Crippen LogP contribution < -0.4 is 4.90 Å². The van der Waals surface area contributed by atoms with Crippen molar-refractivity contribution in [2.24, 2.45) is 0 Å². The number of anilines is 1. The molecule has 0 aromatic heterocycles. The zero-order chi connectivity index (χ0) is 20.1. The van der Waals surface area contributed by atoms with Crippen LogP contribution in [0.4, 0.5) is 10.1 Å². The molecule has 4 rings (SSSR count). The molecule has 1 fully saturated rings. The second kappa shape index (κ2) is 9.21. The van der Waals surface area contributed by atoms with Gasteiger partial charge in [0.05, 0.1) is 6.10 Å². The van der Waals surface area contributed by atoms with Gasteiger partial charge in [0, 0.05) is 38.4 Å². The van der Waals surface area contributed by atoms with Crippen molar-refractivity contribution < 1.29 is 9.50 Å². The zero-order valence-corrected chi connectivity index (χ0v) is 16.5. The average Bonchev–Trinajstić information content (AvgIpc) is 2.79. The van der Waals surface area contributed by atoms with Crippen LogP contribution in [0.15, 0.2) is 78.9 Å². The minimum absolute atomic E-state index is 0.196. The van der Waals surface area contributed by atoms with E-state index in [1.807, 2.05) is 42.5 Å². The Bertz CT molecular complexity index is 888. The number of halogens is 1. The zero-order valence-electron chi connectivity index (χ0n) is 16.5. The van der Waals surface area contributed by atoms with Crippen molar-refractivity contribution in [1.29, 1.82) is 0 Å². The monoisotopic (exact) mass is 390 g/mol. The maximum atomic E-state index is 13.1. The SMILES string of the molecule is O[C@@H](CCN1CCN(c2ccc(F)cc2)CC1)c1ccc(-c2ccccc2)cc1. The third-order valence-electron chi connectivity index (χ3n) is 5.69. The number of rotatable bonds is 6. The van der Waals surface area contributed by atoms with E-state index in [-0.39, 0.29) is 5.82 Å². The van der Waals surface area contributed by atoms with Crippen molar-refractivity contribution in [2.75, 3.05) is 37.6 Å². The van der Waals surface area contributed by atoms with Gasteiger partial charge in [0.2, 0.25) is 0 Å². The minimum atomic E-state index is -0.449. The highest BCUT2D eigenvalue weighted by Crippen LogP contribution is 2.24. The molecular formula is C25H27FN2O. The highest BCUT2D eigenvalue weighted by molar-refractivity contribution is 5.63. The van der Waals surface area contributed by atoms with Crippen molar-refractivity contribution in [3.63, 3.8) is 0 Å². The van der Waals surface area contributed by atoms with Gasteiger partial charge in [-0.3, -0.25) is 4.90 Å². The van der Waals surface area contributed by atoms with Crippen LogP contribution in [0.1, 0.15) is 18.1 Å². The first-order valence-corrected chi connectivity index (χ1v) is 10.3. The molecule has 0 amide bonds. The number of benzene rings is 3. The summed E-state index contributed by atoms with van der Waals surface area (Å²) in [5.41, 5.74) is 4.39. The number of aliphatic hydroxyl groups excluding tert-OH is 1. The Morgan fingerprint density at radius 1 is 0.759 bits per heavy atom. The highest BCUT2D eigenvalue weighted by Gasteiger charge is 2.18. The maximum Gasteiger partial charge on any atom is 0.123 e. The summed E-state index contributed by atoms with van der Waals surface area (Å²) in [6.45, 7) is 4.63. The average molecular weight is 391 g/mol. The minimum Gasteiger partial charge on any atom is -0.388 e. The molecule has 0 bridgehead atoms. The van der Waals surface area contributed by atoms with Gasteiger partial charge in [-0.25, -0.2) is 4.39 Å². The van der Waals surface area contributed by atoms with Crippen LogP contribution in [0, 0.1) is 5.82 Å². The van der Waals surface area contributed by atoms with Crippen molar-refractivity contribution >= 4 is 5.69 Å². The molecule has 0 aliphatic carbocycles. The smallest absolute Gasteiger partial charge is 0.123 e. The van der Waals surface area contributed by atoms with Crippen LogP contribution in [0.25, 0.3) is 11.1 Å². The maximum absolute atomic E-state index is 13.1. The van der Waals surface area contributed by atoms with Crippen molar-refractivity contribution in [3.8, 4) is 11.1 Å². The molecule has 150 valence electrons. The van der Waals surface area contributed by atoms with E-state index >= 15 is 0 Å². The third kappa shape index (κ3) is 5.03. The predicted molar refractivity (Wildman–Crippen MR) is 117 cm³/mol. The Morgan fingerprint density at radius 2 is 1.38 bits per heavy atom. The Balaban J connectivity index is 1.26. The van der Waals surface area contributed by atoms with Crippen LogP contribution in [-0.4, -0.2) is 42.7 Å². The summed E-state index contributed by atoms with van der Waals surface area (Å²) in [6, 6.07) is 25.2. The van der Waals surface area contributed by atoms with E-state index in [9.17, 15) is 9.50 Å². The molecule has 4 heteroatoms. The van der Waals surface area contributed by atoms with Crippen LogP contribution >= 0.6 is 0 Å². The Kier molecular flexibility index (Phi) is 6.23. The van der Waals surface area contributed by atoms with E-state index in [0.717, 1.165) is 50.4 Å². The summed E-state index contributed by atoms with van der Waals surface area (Å²) in [6.07, 6.45) is 0.274. The van der Waals surface area contributed by atoms with Crippen molar-refractivity contribution in [3.05, 3.63) is 90.2 Å². The fraction of sp³-hybridized carbons (Fsp3) is 0.280. The lowest BCUT2D eigenvalue weighted by molar-refractivity contribution is 0.139. The molecule has 1 aliphatic heterocycles. The Morgan fingerprint density at radius 3 is 2.03 bits per heavy atom. The first-order chi connectivity index (χ1) is 14.2. The first kappa shape index (κ1) is 19.6. The van der Waals surface area contributed by atoms with Crippen LogP contribution in [0.5, 0.6) is 0 Å². The van der Waals surface area contributed by atoms with Gasteiger partial charge in [0.25, 0.3) is 0 Å². The number of hydrogen-bond donors (Lipinski definition) is 1. The Labute approximate surface area is 172 Å². The number of nitrogens with zero attached hydrogens (tertiary/aromatic N) is 2. The normalized spacial score (nSPS) is 16.0. The predicted octanol–water partition coefficient (Wildman–Crippen LogP) is 4.74. The van der Waals surface area contributed by atoms with Gasteiger partial charge in [0.1, 0.15) is 5.82 Å². The summed E-state index contributed by atoms with van der Waals surface area (Å²) in [5.74, 6) is -0.196. The highest BCUT2D eigenvalue weighted by atomic mass is 19.1. The molecule has 3 nitrogen and oxygen atoms in total. The van der Waals surface area contributed by atoms with Gasteiger partial charge in [0.15, 0.2) is 0 Å². The van der Waals surface area contributed by atoms with Gasteiger partial charge >= 0.3 is 0 Å². The second-order valence-electron chi connectivity index (χ2n) is 7.60. The second-order valence-corrected chi connectivity index (χ2v) is 7.60. The van der Waals surface area contributed by atoms with Gasteiger partial charge in [-0.15, -0.1) is 0 Å². The molecule has 1 atom stereocenters. The molecule has 0 spiro atoms. The molecule has 1 heterocycles. The molecule has 0 unspecified atom stereocenters. The van der Waals surface area contributed by atoms with E-state index in [2.05, 4.69) is 34.1 Å². The number of piperazine rings is 1. The van der Waals surface area contributed by atoms with Gasteiger partial charge in [-0.2, -0.15) is 0 Å². The first-order valence-electron chi connectivity index (χ1n) is 10.3. The standard InChI is InChI=1S/C25H27FN2O/c26-23-10-12-24(13-11-23)28-18-16-27(17-19-28)15-14-25(29)22-8-6-21(7-9-22)20-4-2-1-3-5-20/h1-13,25,29H,14-19H2/t25-/m0/s1. The fourth-order valence-electron chi connectivity index (χ4n) is 3.88. The Hall–Kier alpha value is -2.69. The molecule has 0 radical (unpaired) electrons. The molecule has 3 aromatic carbocycles. The van der Waals surface area contributed by atoms with E-state index < -0.39 is 6.10 Å². The van der Waals surface area contributed by atoms with E-state index in [0.29, 0.717) is 0 Å². The van der Waals surface area contributed by atoms with Crippen molar-refractivity contribution in [1.82, 2.24) is 4.90 Å². The van der Waals surface area contributed by atoms with Gasteiger partial charge < -0.3 is 10.0 Å². The third-order valence-corrected chi connectivity index (χ3v) is 5.69. The summed E-state index contributed by atoms with van der Waals surface area (Å²) < 4.78 is 13.1. The van der Waals surface area contributed by atoms with Gasteiger partial charge in [-0.1, -0.05) is 54.6 Å². The molecule has 0 saturated carbocycles. The molecule has 1 aliphatic rings. The van der Waals surface area contributed by atoms with E-state index in [4.69, 9.17) is 0 Å². The van der Waals surface area contributed by atoms with Crippen LogP contribution in [0.3, 0.4) is 0 Å². The molecule has 3 aromatic rings. The molecular weight excluding hydrogens is 363 g/mol. The summed E-state index contributed by atoms with van der Waals surface area (Å²) >= 11 is 0. The molecule has 29 heavy (non-hydrogen) atoms. The lowest BCUT2D eigenvalue weighted by atomic mass is 10.0. The quantitative estimate of drug-likeness (QED) is 0.659. The summed E-state index contributed by atoms with van der Waals surface area (Å²) in [4.78, 5) is 4.68. The number of hydrogen-bond acceptors (Lipinski definition) is 3. The van der Waals surface area contributed by atoms with E-state index in [1.165, 1.54) is 23.3 Å². The topological polar surface area (TPSA) is 26.7 Å². The van der Waals surface area contributed by atoms with E-state index in [1.54, 1.807) is 0 Å². The van der Waals surface area contributed by atoms with Crippen LogP contribution in [-0.2, 0) is 0 Å². The molecule has 1 saturated heterocycles. The lowest BCUT2D eigenvalue weighted by Crippen LogP contribution is -2.46. The largest absolute Gasteiger partial charge is 0.388 e. The van der Waals surface area contributed by atoms with Gasteiger partial charge in [-0.05, 0) is 47.4 Å². The fourth-order valence-corrected chi connectivity index (χ4v) is 3.88. The van der Waals surface area contributed by atoms with Crippen LogP contribution in [0.2, 0.25) is 0 Å². The number of aliphatic hydroxyl groups is 1. The molecule has 1 N–H and O–H groups in total. The summed E-state index contributed by atoms with van der Waals surface area (Å²) in [7, 11) is 0. The lowest BCUT2D eigenvalue weighted by Gasteiger charge is -2.36. The summed E-state index contributed by atoms with van der Waals surface area (Å²) in [5, 5.41) is 10.6.